The summed E-state index contributed by atoms with van der Waals surface area (Å²) < 4.78 is 5.20. The Balaban J connectivity index is 1.70. The number of ketones is 1. The first-order chi connectivity index (χ1) is 9.33. The molecule has 0 bridgehead atoms. The van der Waals surface area contributed by atoms with Crippen LogP contribution < -0.4 is 0 Å². The van der Waals surface area contributed by atoms with Crippen LogP contribution in [0.2, 0.25) is 0 Å². The Morgan fingerprint density at radius 3 is 2.95 bits per heavy atom. The van der Waals surface area contributed by atoms with Gasteiger partial charge in [0.1, 0.15) is 6.54 Å². The number of nitrogens with zero attached hydrogens (tertiary/aromatic N) is 4. The summed E-state index contributed by atoms with van der Waals surface area (Å²) in [4.78, 5) is 13.3. The Hall–Kier alpha value is -2.08. The van der Waals surface area contributed by atoms with Gasteiger partial charge >= 0.3 is 0 Å². The van der Waals surface area contributed by atoms with Gasteiger partial charge in [0.05, 0.1) is 6.61 Å². The summed E-state index contributed by atoms with van der Waals surface area (Å²) in [5.41, 5.74) is 0.894. The molecule has 98 valence electrons. The molecule has 19 heavy (non-hydrogen) atoms. The summed E-state index contributed by atoms with van der Waals surface area (Å²) in [6, 6.07) is 9.58. The second kappa shape index (κ2) is 5.27. The highest BCUT2D eigenvalue weighted by Gasteiger charge is 2.24. The third kappa shape index (κ3) is 2.68. The number of benzene rings is 1. The molecule has 0 aliphatic carbocycles. The molecule has 6 heteroatoms. The van der Waals surface area contributed by atoms with Crippen LogP contribution in [0.15, 0.2) is 30.3 Å². The van der Waals surface area contributed by atoms with Crippen molar-refractivity contribution >= 4 is 5.78 Å². The van der Waals surface area contributed by atoms with Crippen molar-refractivity contribution in [3.63, 3.8) is 0 Å². The van der Waals surface area contributed by atoms with Gasteiger partial charge < -0.3 is 4.74 Å². The fourth-order valence-electron chi connectivity index (χ4n) is 2.07. The maximum Gasteiger partial charge on any atom is 0.204 e. The molecule has 6 nitrogen and oxygen atoms in total. The minimum Gasteiger partial charge on any atom is -0.381 e. The molecule has 1 unspecified atom stereocenters. The van der Waals surface area contributed by atoms with E-state index in [0.29, 0.717) is 19.0 Å². The van der Waals surface area contributed by atoms with Gasteiger partial charge in [0.2, 0.25) is 5.82 Å². The van der Waals surface area contributed by atoms with Crippen LogP contribution in [0.3, 0.4) is 0 Å². The van der Waals surface area contributed by atoms with Crippen molar-refractivity contribution < 1.29 is 9.53 Å². The van der Waals surface area contributed by atoms with E-state index in [-0.39, 0.29) is 18.2 Å². The number of rotatable bonds is 4. The Kier molecular flexibility index (Phi) is 3.33. The molecule has 1 aromatic heterocycles. The van der Waals surface area contributed by atoms with Gasteiger partial charge in [-0.15, -0.1) is 10.2 Å². The predicted octanol–water partition coefficient (Wildman–Crippen LogP) is 0.946. The molecule has 3 rings (SSSR count). The van der Waals surface area contributed by atoms with Gasteiger partial charge in [-0.2, -0.15) is 4.80 Å². The number of tetrazole rings is 1. The molecule has 1 saturated heterocycles. The van der Waals surface area contributed by atoms with Gasteiger partial charge in [-0.25, -0.2) is 0 Å². The SMILES string of the molecule is O=C(Cn1nnc(-c2ccccc2)n1)C1CCOC1. The fraction of sp³-hybridized carbons (Fsp3) is 0.385. The van der Waals surface area contributed by atoms with Gasteiger partial charge in [0.25, 0.3) is 0 Å². The second-order valence-corrected chi connectivity index (χ2v) is 4.54. The van der Waals surface area contributed by atoms with Crippen LogP contribution in [0.25, 0.3) is 11.4 Å². The van der Waals surface area contributed by atoms with Crippen molar-refractivity contribution in [2.24, 2.45) is 5.92 Å². The maximum absolute atomic E-state index is 12.0. The van der Waals surface area contributed by atoms with Gasteiger partial charge in [-0.1, -0.05) is 30.3 Å². The third-order valence-electron chi connectivity index (χ3n) is 3.17. The lowest BCUT2D eigenvalue weighted by Gasteiger charge is -2.04. The van der Waals surface area contributed by atoms with Crippen molar-refractivity contribution in [1.29, 1.82) is 0 Å². The van der Waals surface area contributed by atoms with E-state index in [0.717, 1.165) is 12.0 Å². The quantitative estimate of drug-likeness (QED) is 0.816. The van der Waals surface area contributed by atoms with Crippen LogP contribution in [0, 0.1) is 5.92 Å². The third-order valence-corrected chi connectivity index (χ3v) is 3.17. The molecule has 0 amide bonds. The van der Waals surface area contributed by atoms with E-state index in [1.165, 1.54) is 4.80 Å². The number of Topliss-reactive ketones (excluding diaryl/α,β-unsaturated/α-hetero) is 1. The molecule has 0 N–H and O–H groups in total. The second-order valence-electron chi connectivity index (χ2n) is 4.54. The predicted molar refractivity (Wildman–Crippen MR) is 67.2 cm³/mol. The first-order valence-electron chi connectivity index (χ1n) is 6.26. The average Bonchev–Trinajstić information content (AvgIpc) is 3.11. The zero-order valence-electron chi connectivity index (χ0n) is 10.4. The van der Waals surface area contributed by atoms with E-state index < -0.39 is 0 Å². The molecule has 2 heterocycles. The maximum atomic E-state index is 12.0. The van der Waals surface area contributed by atoms with Crippen LogP contribution >= 0.6 is 0 Å². The first kappa shape index (κ1) is 12.0. The van der Waals surface area contributed by atoms with E-state index in [9.17, 15) is 4.79 Å². The summed E-state index contributed by atoms with van der Waals surface area (Å²) >= 11 is 0. The standard InChI is InChI=1S/C13H14N4O2/c18-12(11-6-7-19-9-11)8-17-15-13(14-16-17)10-4-2-1-3-5-10/h1-5,11H,6-9H2. The molecule has 2 aromatic rings. The van der Waals surface area contributed by atoms with Crippen LogP contribution in [0.5, 0.6) is 0 Å². The van der Waals surface area contributed by atoms with E-state index >= 15 is 0 Å². The minimum absolute atomic E-state index is 0.0221. The van der Waals surface area contributed by atoms with Crippen molar-refractivity contribution in [2.75, 3.05) is 13.2 Å². The molecule has 0 radical (unpaired) electrons. The lowest BCUT2D eigenvalue weighted by Crippen LogP contribution is -2.21. The Morgan fingerprint density at radius 1 is 1.37 bits per heavy atom. The molecule has 0 spiro atoms. The highest BCUT2D eigenvalue weighted by atomic mass is 16.5. The van der Waals surface area contributed by atoms with E-state index in [1.807, 2.05) is 30.3 Å². The summed E-state index contributed by atoms with van der Waals surface area (Å²) in [6.07, 6.45) is 0.791. The molecule has 0 saturated carbocycles. The minimum atomic E-state index is -0.0221. The monoisotopic (exact) mass is 258 g/mol. The Labute approximate surface area is 110 Å². The number of carbonyl (C=O) groups excluding carboxylic acids is 1. The van der Waals surface area contributed by atoms with E-state index in [1.54, 1.807) is 0 Å². The van der Waals surface area contributed by atoms with Gasteiger partial charge in [0.15, 0.2) is 5.78 Å². The molecular weight excluding hydrogens is 244 g/mol. The molecule has 1 aromatic carbocycles. The van der Waals surface area contributed by atoms with E-state index in [4.69, 9.17) is 4.74 Å². The molecule has 1 fully saturated rings. The molecular formula is C13H14N4O2. The fourth-order valence-corrected chi connectivity index (χ4v) is 2.07. The molecule has 1 atom stereocenters. The first-order valence-corrected chi connectivity index (χ1v) is 6.26. The van der Waals surface area contributed by atoms with Crippen molar-refractivity contribution in [3.8, 4) is 11.4 Å². The van der Waals surface area contributed by atoms with E-state index in [2.05, 4.69) is 15.4 Å². The lowest BCUT2D eigenvalue weighted by molar-refractivity contribution is -0.123. The Bertz CT molecular complexity index is 561. The number of ether oxygens (including phenoxy) is 1. The van der Waals surface area contributed by atoms with Crippen LogP contribution in [0.4, 0.5) is 0 Å². The topological polar surface area (TPSA) is 69.9 Å². The highest BCUT2D eigenvalue weighted by Crippen LogP contribution is 2.15. The van der Waals surface area contributed by atoms with Crippen LogP contribution in [0.1, 0.15) is 6.42 Å². The normalized spacial score (nSPS) is 18.6. The van der Waals surface area contributed by atoms with Crippen molar-refractivity contribution in [1.82, 2.24) is 20.2 Å². The molecule has 1 aliphatic heterocycles. The van der Waals surface area contributed by atoms with Gasteiger partial charge in [0, 0.05) is 18.1 Å². The number of aromatic nitrogens is 4. The summed E-state index contributed by atoms with van der Waals surface area (Å²) in [7, 11) is 0. The van der Waals surface area contributed by atoms with Gasteiger partial charge in [-0.3, -0.25) is 4.79 Å². The largest absolute Gasteiger partial charge is 0.381 e. The zero-order valence-corrected chi connectivity index (χ0v) is 10.4. The lowest BCUT2D eigenvalue weighted by atomic mass is 10.0. The molecule has 1 aliphatic rings. The highest BCUT2D eigenvalue weighted by molar-refractivity contribution is 5.81. The Morgan fingerprint density at radius 2 is 2.21 bits per heavy atom. The number of hydrogen-bond acceptors (Lipinski definition) is 5. The zero-order chi connectivity index (χ0) is 13.1. The van der Waals surface area contributed by atoms with Gasteiger partial charge in [-0.05, 0) is 11.6 Å². The summed E-state index contributed by atoms with van der Waals surface area (Å²) in [5.74, 6) is 0.622. The number of carbonyl (C=O) groups is 1. The smallest absolute Gasteiger partial charge is 0.204 e. The average molecular weight is 258 g/mol. The number of hydrogen-bond donors (Lipinski definition) is 0. The van der Waals surface area contributed by atoms with Crippen LogP contribution in [-0.2, 0) is 16.1 Å². The summed E-state index contributed by atoms with van der Waals surface area (Å²) in [6.45, 7) is 1.34. The summed E-state index contributed by atoms with van der Waals surface area (Å²) in [5, 5.41) is 12.1. The van der Waals surface area contributed by atoms with Crippen molar-refractivity contribution in [2.45, 2.75) is 13.0 Å². The van der Waals surface area contributed by atoms with Crippen molar-refractivity contribution in [3.05, 3.63) is 30.3 Å². The van der Waals surface area contributed by atoms with Crippen LogP contribution in [-0.4, -0.2) is 39.2 Å².